The van der Waals surface area contributed by atoms with E-state index < -0.39 is 20.6 Å². The van der Waals surface area contributed by atoms with Crippen molar-refractivity contribution in [1.29, 1.82) is 0 Å². The lowest BCUT2D eigenvalue weighted by atomic mass is 10.2. The Balaban J connectivity index is 1.93. The Morgan fingerprint density at radius 3 is 2.41 bits per heavy atom. The van der Waals surface area contributed by atoms with Gasteiger partial charge in [-0.3, -0.25) is 20.3 Å². The van der Waals surface area contributed by atoms with Crippen molar-refractivity contribution in [3.63, 3.8) is 0 Å². The lowest BCUT2D eigenvalue weighted by Crippen LogP contribution is -2.15. The van der Waals surface area contributed by atoms with E-state index in [1.165, 1.54) is 44.7 Å². The Bertz CT molecular complexity index is 1350. The van der Waals surface area contributed by atoms with E-state index in [-0.39, 0.29) is 27.8 Å². The summed E-state index contributed by atoms with van der Waals surface area (Å²) in [6, 6.07) is 12.5. The largest absolute Gasteiger partial charge is 0.503 e. The second-order valence-corrected chi connectivity index (χ2v) is 9.20. The fourth-order valence-corrected chi connectivity index (χ4v) is 4.50. The molecule has 34 heavy (non-hydrogen) atoms. The number of nitro benzene ring substituents is 1. The highest BCUT2D eigenvalue weighted by atomic mass is 79.9. The number of ether oxygens (including phenoxy) is 2. The predicted molar refractivity (Wildman–Crippen MR) is 130 cm³/mol. The van der Waals surface area contributed by atoms with Gasteiger partial charge in [-0.05, 0) is 64.0 Å². The molecule has 0 amide bonds. The monoisotopic (exact) mass is 550 g/mol. The summed E-state index contributed by atoms with van der Waals surface area (Å²) in [4.78, 5) is 10.2. The molecule has 3 N–H and O–H groups in total. The minimum atomic E-state index is -4.23. The van der Waals surface area contributed by atoms with Gasteiger partial charge in [0.25, 0.3) is 15.7 Å². The normalized spacial score (nSPS) is 11.3. The van der Waals surface area contributed by atoms with E-state index in [9.17, 15) is 23.6 Å². The zero-order valence-electron chi connectivity index (χ0n) is 17.9. The summed E-state index contributed by atoms with van der Waals surface area (Å²) < 4.78 is 39.0. The van der Waals surface area contributed by atoms with Gasteiger partial charge < -0.3 is 14.6 Å². The van der Waals surface area contributed by atoms with Gasteiger partial charge in [-0.1, -0.05) is 0 Å². The van der Waals surface area contributed by atoms with Crippen LogP contribution in [0.3, 0.4) is 0 Å². The number of aromatic hydroxyl groups is 1. The Hall–Kier alpha value is -3.84. The van der Waals surface area contributed by atoms with Crippen LogP contribution in [0.25, 0.3) is 0 Å². The molecule has 178 valence electrons. The van der Waals surface area contributed by atoms with Gasteiger partial charge in [0, 0.05) is 17.8 Å². The van der Waals surface area contributed by atoms with Crippen LogP contribution in [0, 0.1) is 10.1 Å². The maximum absolute atomic E-state index is 13.0. The summed E-state index contributed by atoms with van der Waals surface area (Å²) in [5, 5.41) is 25.2. The first-order chi connectivity index (χ1) is 16.1. The van der Waals surface area contributed by atoms with Gasteiger partial charge in [0.1, 0.15) is 10.6 Å². The lowest BCUT2D eigenvalue weighted by Gasteiger charge is -2.12. The van der Waals surface area contributed by atoms with E-state index in [2.05, 4.69) is 31.2 Å². The maximum Gasteiger partial charge on any atom is 0.270 e. The third kappa shape index (κ3) is 5.74. The molecule has 0 bridgehead atoms. The summed E-state index contributed by atoms with van der Waals surface area (Å²) in [5.74, 6) is 0.659. The van der Waals surface area contributed by atoms with Crippen LogP contribution in [0.1, 0.15) is 5.56 Å². The molecule has 0 unspecified atom stereocenters. The molecule has 0 heterocycles. The number of nitro groups is 1. The highest BCUT2D eigenvalue weighted by Gasteiger charge is 2.23. The van der Waals surface area contributed by atoms with Gasteiger partial charge >= 0.3 is 0 Å². The molecule has 3 aromatic carbocycles. The van der Waals surface area contributed by atoms with Crippen molar-refractivity contribution in [2.45, 2.75) is 4.90 Å². The van der Waals surface area contributed by atoms with E-state index in [0.717, 1.165) is 12.1 Å². The van der Waals surface area contributed by atoms with Crippen molar-refractivity contribution in [3.05, 3.63) is 74.7 Å². The fourth-order valence-electron chi connectivity index (χ4n) is 2.81. The van der Waals surface area contributed by atoms with Crippen LogP contribution >= 0.6 is 15.9 Å². The van der Waals surface area contributed by atoms with E-state index >= 15 is 0 Å². The van der Waals surface area contributed by atoms with E-state index in [1.54, 1.807) is 18.2 Å². The third-order valence-corrected chi connectivity index (χ3v) is 6.50. The van der Waals surface area contributed by atoms with Crippen LogP contribution in [-0.4, -0.2) is 38.9 Å². The van der Waals surface area contributed by atoms with Gasteiger partial charge in [-0.2, -0.15) is 5.10 Å². The van der Waals surface area contributed by atoms with E-state index in [0.29, 0.717) is 15.8 Å². The maximum atomic E-state index is 13.0. The van der Waals surface area contributed by atoms with Crippen molar-refractivity contribution >= 4 is 49.2 Å². The first kappa shape index (κ1) is 24.8. The zero-order chi connectivity index (χ0) is 24.9. The van der Waals surface area contributed by atoms with Crippen molar-refractivity contribution in [2.24, 2.45) is 5.10 Å². The van der Waals surface area contributed by atoms with Crippen molar-refractivity contribution < 1.29 is 27.9 Å². The number of anilines is 2. The molecule has 0 fully saturated rings. The standard InChI is InChI=1S/C21H19BrN4O7S/c1-32-16-6-3-14(4-7-16)25-34(30,31)20-11-15(26(28)29)5-8-18(20)24-23-12-13-9-17(22)21(27)19(10-13)33-2/h3-12,24-25,27H,1-2H3. The van der Waals surface area contributed by atoms with Crippen molar-refractivity contribution in [3.8, 4) is 17.2 Å². The number of hydrogen-bond donors (Lipinski definition) is 3. The lowest BCUT2D eigenvalue weighted by molar-refractivity contribution is -0.385. The van der Waals surface area contributed by atoms with Crippen molar-refractivity contribution in [2.75, 3.05) is 24.4 Å². The third-order valence-electron chi connectivity index (χ3n) is 4.48. The minimum Gasteiger partial charge on any atom is -0.503 e. The number of nitrogens with zero attached hydrogens (tertiary/aromatic N) is 2. The molecule has 3 rings (SSSR count). The number of halogens is 1. The summed E-state index contributed by atoms with van der Waals surface area (Å²) in [5.41, 5.74) is 2.96. The van der Waals surface area contributed by atoms with Crippen LogP contribution in [0.2, 0.25) is 0 Å². The van der Waals surface area contributed by atoms with Crippen LogP contribution < -0.4 is 19.6 Å². The van der Waals surface area contributed by atoms with Crippen LogP contribution in [0.15, 0.2) is 69.1 Å². The number of nitrogens with one attached hydrogen (secondary N) is 2. The van der Waals surface area contributed by atoms with E-state index in [1.807, 2.05) is 0 Å². The molecule has 0 saturated heterocycles. The summed E-state index contributed by atoms with van der Waals surface area (Å²) in [7, 11) is -1.36. The number of hydrogen-bond acceptors (Lipinski definition) is 9. The number of hydrazone groups is 1. The van der Waals surface area contributed by atoms with Gasteiger partial charge in [0.15, 0.2) is 11.5 Å². The van der Waals surface area contributed by atoms with Gasteiger partial charge in [0.05, 0.1) is 35.5 Å². The molecule has 0 atom stereocenters. The number of benzene rings is 3. The molecule has 0 saturated carbocycles. The second kappa shape index (κ2) is 10.4. The molecule has 13 heteroatoms. The fraction of sp³-hybridized carbons (Fsp3) is 0.0952. The SMILES string of the molecule is COc1ccc(NS(=O)(=O)c2cc([N+](=O)[O-])ccc2NN=Cc2cc(Br)c(O)c(OC)c2)cc1. The topological polar surface area (TPSA) is 152 Å². The minimum absolute atomic E-state index is 0.00710. The molecule has 11 nitrogen and oxygen atoms in total. The number of phenols is 1. The molecule has 0 aliphatic carbocycles. The number of phenolic OH excluding ortho intramolecular Hbond substituents is 1. The average molecular weight is 551 g/mol. The summed E-state index contributed by atoms with van der Waals surface area (Å²) in [6.45, 7) is 0. The highest BCUT2D eigenvalue weighted by Crippen LogP contribution is 2.35. The molecule has 0 radical (unpaired) electrons. The first-order valence-corrected chi connectivity index (χ1v) is 11.7. The molecule has 0 aromatic heterocycles. The number of methoxy groups -OCH3 is 2. The number of non-ortho nitro benzene ring substituents is 1. The molecule has 3 aromatic rings. The summed E-state index contributed by atoms with van der Waals surface area (Å²) in [6.07, 6.45) is 1.36. The Kier molecular flexibility index (Phi) is 7.58. The predicted octanol–water partition coefficient (Wildman–Crippen LogP) is 4.33. The summed E-state index contributed by atoms with van der Waals surface area (Å²) >= 11 is 3.20. The molecule has 0 aliphatic heterocycles. The number of rotatable bonds is 9. The van der Waals surface area contributed by atoms with Crippen LogP contribution in [-0.2, 0) is 10.0 Å². The van der Waals surface area contributed by atoms with Gasteiger partial charge in [-0.15, -0.1) is 0 Å². The molecular formula is C21H19BrN4O7S. The van der Waals surface area contributed by atoms with Crippen LogP contribution in [0.4, 0.5) is 17.1 Å². The molecular weight excluding hydrogens is 532 g/mol. The van der Waals surface area contributed by atoms with E-state index in [4.69, 9.17) is 9.47 Å². The van der Waals surface area contributed by atoms with Gasteiger partial charge in [0.2, 0.25) is 0 Å². The van der Waals surface area contributed by atoms with Gasteiger partial charge in [-0.25, -0.2) is 8.42 Å². The zero-order valence-corrected chi connectivity index (χ0v) is 20.3. The Morgan fingerprint density at radius 2 is 1.79 bits per heavy atom. The Labute approximate surface area is 203 Å². The average Bonchev–Trinajstić information content (AvgIpc) is 2.81. The van der Waals surface area contributed by atoms with Crippen LogP contribution in [0.5, 0.6) is 17.2 Å². The highest BCUT2D eigenvalue weighted by molar-refractivity contribution is 9.10. The first-order valence-electron chi connectivity index (χ1n) is 9.45. The quantitative estimate of drug-likeness (QED) is 0.202. The Morgan fingerprint density at radius 1 is 1.09 bits per heavy atom. The van der Waals surface area contributed by atoms with Crippen molar-refractivity contribution in [1.82, 2.24) is 0 Å². The molecule has 0 spiro atoms. The smallest absolute Gasteiger partial charge is 0.270 e. The second-order valence-electron chi connectivity index (χ2n) is 6.70. The number of sulfonamides is 1. The molecule has 0 aliphatic rings.